The first kappa shape index (κ1) is 18.1. The SMILES string of the molecule is CCCn1ncnc1[C@H](C)NC(=O)Cn1c(C(C)C)nc2ccccc21. The molecular formula is C19H26N6O. The zero-order valence-corrected chi connectivity index (χ0v) is 15.8. The van der Waals surface area contributed by atoms with Crippen molar-refractivity contribution in [1.29, 1.82) is 0 Å². The van der Waals surface area contributed by atoms with Crippen LogP contribution in [0, 0.1) is 0 Å². The fraction of sp³-hybridized carbons (Fsp3) is 0.474. The van der Waals surface area contributed by atoms with Crippen molar-refractivity contribution in [2.24, 2.45) is 0 Å². The van der Waals surface area contributed by atoms with Crippen LogP contribution in [0.1, 0.15) is 57.7 Å². The summed E-state index contributed by atoms with van der Waals surface area (Å²) in [6.45, 7) is 9.23. The van der Waals surface area contributed by atoms with E-state index < -0.39 is 0 Å². The van der Waals surface area contributed by atoms with Crippen LogP contribution in [-0.4, -0.2) is 30.2 Å². The molecule has 3 aromatic rings. The summed E-state index contributed by atoms with van der Waals surface area (Å²) < 4.78 is 3.84. The first-order chi connectivity index (χ1) is 12.5. The Morgan fingerprint density at radius 1 is 1.19 bits per heavy atom. The van der Waals surface area contributed by atoms with Gasteiger partial charge >= 0.3 is 0 Å². The van der Waals surface area contributed by atoms with Crippen LogP contribution in [0.25, 0.3) is 11.0 Å². The molecule has 2 aromatic heterocycles. The molecule has 0 spiro atoms. The molecule has 0 unspecified atom stereocenters. The van der Waals surface area contributed by atoms with E-state index >= 15 is 0 Å². The molecule has 7 nitrogen and oxygen atoms in total. The van der Waals surface area contributed by atoms with Gasteiger partial charge in [-0.05, 0) is 25.5 Å². The molecule has 1 atom stereocenters. The number of aryl methyl sites for hydroxylation is 1. The second kappa shape index (κ2) is 7.68. The molecule has 1 N–H and O–H groups in total. The lowest BCUT2D eigenvalue weighted by molar-refractivity contribution is -0.122. The minimum absolute atomic E-state index is 0.0615. The molecule has 0 aliphatic heterocycles. The van der Waals surface area contributed by atoms with Gasteiger partial charge in [0.2, 0.25) is 5.91 Å². The molecule has 7 heteroatoms. The molecule has 1 amide bonds. The van der Waals surface area contributed by atoms with Gasteiger partial charge in [-0.25, -0.2) is 14.6 Å². The number of amides is 1. The van der Waals surface area contributed by atoms with E-state index in [9.17, 15) is 4.79 Å². The topological polar surface area (TPSA) is 77.6 Å². The molecule has 0 aliphatic rings. The van der Waals surface area contributed by atoms with Gasteiger partial charge in [0, 0.05) is 12.5 Å². The summed E-state index contributed by atoms with van der Waals surface area (Å²) in [6, 6.07) is 7.72. The van der Waals surface area contributed by atoms with Crippen molar-refractivity contribution in [2.75, 3.05) is 0 Å². The summed E-state index contributed by atoms with van der Waals surface area (Å²) in [5.41, 5.74) is 1.90. The zero-order chi connectivity index (χ0) is 18.7. The lowest BCUT2D eigenvalue weighted by Crippen LogP contribution is -2.32. The van der Waals surface area contributed by atoms with E-state index in [0.717, 1.165) is 35.6 Å². The highest BCUT2D eigenvalue weighted by Crippen LogP contribution is 2.21. The smallest absolute Gasteiger partial charge is 0.240 e. The van der Waals surface area contributed by atoms with E-state index in [1.807, 2.05) is 40.4 Å². The molecule has 0 bridgehead atoms. The summed E-state index contributed by atoms with van der Waals surface area (Å²) >= 11 is 0. The molecule has 26 heavy (non-hydrogen) atoms. The molecular weight excluding hydrogens is 328 g/mol. The zero-order valence-electron chi connectivity index (χ0n) is 15.8. The third-order valence-corrected chi connectivity index (χ3v) is 4.35. The Labute approximate surface area is 153 Å². The van der Waals surface area contributed by atoms with Crippen molar-refractivity contribution in [3.8, 4) is 0 Å². The number of hydrogen-bond acceptors (Lipinski definition) is 4. The van der Waals surface area contributed by atoms with Gasteiger partial charge in [-0.15, -0.1) is 0 Å². The van der Waals surface area contributed by atoms with Crippen molar-refractivity contribution in [3.05, 3.63) is 42.2 Å². The number of nitrogens with zero attached hydrogens (tertiary/aromatic N) is 5. The van der Waals surface area contributed by atoms with E-state index in [1.165, 1.54) is 6.33 Å². The van der Waals surface area contributed by atoms with E-state index in [4.69, 9.17) is 0 Å². The molecule has 0 saturated heterocycles. The van der Waals surface area contributed by atoms with Crippen molar-refractivity contribution in [2.45, 2.75) is 59.2 Å². The maximum atomic E-state index is 12.7. The normalized spacial score (nSPS) is 12.7. The van der Waals surface area contributed by atoms with Gasteiger partial charge in [0.1, 0.15) is 24.5 Å². The predicted molar refractivity (Wildman–Crippen MR) is 101 cm³/mol. The molecule has 0 fully saturated rings. The number of imidazole rings is 1. The van der Waals surface area contributed by atoms with Gasteiger partial charge in [-0.3, -0.25) is 4.79 Å². The molecule has 1 aromatic carbocycles. The molecule has 2 heterocycles. The number of carbonyl (C=O) groups excluding carboxylic acids is 1. The highest BCUT2D eigenvalue weighted by molar-refractivity contribution is 5.81. The second-order valence-electron chi connectivity index (χ2n) is 6.83. The highest BCUT2D eigenvalue weighted by atomic mass is 16.2. The van der Waals surface area contributed by atoms with Gasteiger partial charge in [0.15, 0.2) is 0 Å². The van der Waals surface area contributed by atoms with Crippen LogP contribution in [0.4, 0.5) is 0 Å². The molecule has 3 rings (SSSR count). The largest absolute Gasteiger partial charge is 0.345 e. The molecule has 0 radical (unpaired) electrons. The third kappa shape index (κ3) is 3.61. The van der Waals surface area contributed by atoms with Crippen LogP contribution in [0.5, 0.6) is 0 Å². The van der Waals surface area contributed by atoms with E-state index in [1.54, 1.807) is 0 Å². The number of nitrogens with one attached hydrogen (secondary N) is 1. The van der Waals surface area contributed by atoms with Crippen molar-refractivity contribution >= 4 is 16.9 Å². The molecule has 138 valence electrons. The highest BCUT2D eigenvalue weighted by Gasteiger charge is 2.19. The first-order valence-electron chi connectivity index (χ1n) is 9.13. The number of fused-ring (bicyclic) bond motifs is 1. The molecule has 0 aliphatic carbocycles. The van der Waals surface area contributed by atoms with Crippen LogP contribution >= 0.6 is 0 Å². The summed E-state index contributed by atoms with van der Waals surface area (Å²) in [4.78, 5) is 21.7. The first-order valence-corrected chi connectivity index (χ1v) is 9.13. The quantitative estimate of drug-likeness (QED) is 0.707. The fourth-order valence-electron chi connectivity index (χ4n) is 3.19. The van der Waals surface area contributed by atoms with Crippen molar-refractivity contribution < 1.29 is 4.79 Å². The third-order valence-electron chi connectivity index (χ3n) is 4.35. The summed E-state index contributed by atoms with van der Waals surface area (Å²) in [5.74, 6) is 1.87. The van der Waals surface area contributed by atoms with Gasteiger partial charge < -0.3 is 9.88 Å². The predicted octanol–water partition coefficient (Wildman–Crippen LogP) is 3.04. The Balaban J connectivity index is 1.79. The minimum atomic E-state index is -0.200. The average molecular weight is 354 g/mol. The van der Waals surface area contributed by atoms with E-state index in [0.29, 0.717) is 0 Å². The maximum Gasteiger partial charge on any atom is 0.240 e. The van der Waals surface area contributed by atoms with Gasteiger partial charge in [0.25, 0.3) is 0 Å². The molecule has 0 saturated carbocycles. The van der Waals surface area contributed by atoms with E-state index in [-0.39, 0.29) is 24.4 Å². The monoisotopic (exact) mass is 354 g/mol. The lowest BCUT2D eigenvalue weighted by Gasteiger charge is -2.16. The Morgan fingerprint density at radius 2 is 1.96 bits per heavy atom. The Kier molecular flexibility index (Phi) is 5.35. The van der Waals surface area contributed by atoms with Crippen LogP contribution in [0.2, 0.25) is 0 Å². The van der Waals surface area contributed by atoms with Gasteiger partial charge in [-0.1, -0.05) is 32.9 Å². The van der Waals surface area contributed by atoms with Crippen LogP contribution < -0.4 is 5.32 Å². The fourth-order valence-corrected chi connectivity index (χ4v) is 3.19. The van der Waals surface area contributed by atoms with Crippen molar-refractivity contribution in [3.63, 3.8) is 0 Å². The number of aromatic nitrogens is 5. The Bertz CT molecular complexity index is 894. The minimum Gasteiger partial charge on any atom is -0.345 e. The number of rotatable bonds is 7. The van der Waals surface area contributed by atoms with Gasteiger partial charge in [0.05, 0.1) is 17.1 Å². The van der Waals surface area contributed by atoms with Crippen molar-refractivity contribution in [1.82, 2.24) is 29.6 Å². The number of benzene rings is 1. The summed E-state index contributed by atoms with van der Waals surface area (Å²) in [5, 5.41) is 7.27. The summed E-state index contributed by atoms with van der Waals surface area (Å²) in [6.07, 6.45) is 2.50. The average Bonchev–Trinajstić information content (AvgIpc) is 3.20. The number of para-hydroxylation sites is 2. The Hall–Kier alpha value is -2.70. The second-order valence-corrected chi connectivity index (χ2v) is 6.83. The van der Waals surface area contributed by atoms with Crippen LogP contribution in [0.15, 0.2) is 30.6 Å². The lowest BCUT2D eigenvalue weighted by atomic mass is 10.2. The standard InChI is InChI=1S/C19H26N6O/c1-5-10-25-19(20-12-21-25)14(4)22-17(26)11-24-16-9-7-6-8-15(16)23-18(24)13(2)3/h6-9,12-14H,5,10-11H2,1-4H3,(H,22,26)/t14-/m0/s1. The van der Waals surface area contributed by atoms with Gasteiger partial charge in [-0.2, -0.15) is 5.10 Å². The number of carbonyl (C=O) groups is 1. The maximum absolute atomic E-state index is 12.7. The Morgan fingerprint density at radius 3 is 2.69 bits per heavy atom. The van der Waals surface area contributed by atoms with Crippen LogP contribution in [0.3, 0.4) is 0 Å². The van der Waals surface area contributed by atoms with Crippen LogP contribution in [-0.2, 0) is 17.9 Å². The number of hydrogen-bond donors (Lipinski definition) is 1. The van der Waals surface area contributed by atoms with E-state index in [2.05, 4.69) is 41.2 Å². The summed E-state index contributed by atoms with van der Waals surface area (Å²) in [7, 11) is 0.